The van der Waals surface area contributed by atoms with E-state index in [9.17, 15) is 15.0 Å². The number of carbonyl (C=O) groups is 1. The highest BCUT2D eigenvalue weighted by Crippen LogP contribution is 2.30. The fourth-order valence-electron chi connectivity index (χ4n) is 1.67. The van der Waals surface area contributed by atoms with Crippen LogP contribution in [0.15, 0.2) is 18.2 Å². The van der Waals surface area contributed by atoms with E-state index in [-0.39, 0.29) is 17.4 Å². The third kappa shape index (κ3) is 3.15. The largest absolute Gasteiger partial charge is 0.508 e. The fourth-order valence-corrected chi connectivity index (χ4v) is 1.67. The normalized spacial score (nSPS) is 12.7. The van der Waals surface area contributed by atoms with E-state index >= 15 is 0 Å². The summed E-state index contributed by atoms with van der Waals surface area (Å²) in [5.41, 5.74) is 0.429. The lowest BCUT2D eigenvalue weighted by Crippen LogP contribution is -2.13. The second kappa shape index (κ2) is 4.88. The molecule has 3 N–H and O–H groups in total. The Bertz CT molecular complexity index is 364. The van der Waals surface area contributed by atoms with E-state index in [2.05, 4.69) is 0 Å². The van der Waals surface area contributed by atoms with Gasteiger partial charge in [0.15, 0.2) is 0 Å². The number of phenols is 2. The lowest BCUT2D eigenvalue weighted by molar-refractivity contribution is -0.139. The van der Waals surface area contributed by atoms with Gasteiger partial charge in [-0.1, -0.05) is 13.8 Å². The van der Waals surface area contributed by atoms with Crippen molar-refractivity contribution in [1.82, 2.24) is 0 Å². The monoisotopic (exact) mass is 224 g/mol. The van der Waals surface area contributed by atoms with Crippen LogP contribution in [-0.2, 0) is 4.79 Å². The second-order valence-electron chi connectivity index (χ2n) is 4.30. The van der Waals surface area contributed by atoms with Crippen molar-refractivity contribution in [1.29, 1.82) is 0 Å². The maximum atomic E-state index is 11.1. The Labute approximate surface area is 94.2 Å². The Morgan fingerprint density at radius 1 is 1.19 bits per heavy atom. The highest BCUT2D eigenvalue weighted by atomic mass is 16.4. The summed E-state index contributed by atoms with van der Waals surface area (Å²) in [7, 11) is 0. The van der Waals surface area contributed by atoms with Crippen molar-refractivity contribution in [3.05, 3.63) is 23.8 Å². The summed E-state index contributed by atoms with van der Waals surface area (Å²) in [6.07, 6.45) is 0.470. The molecule has 16 heavy (non-hydrogen) atoms. The molecule has 1 aromatic rings. The highest BCUT2D eigenvalue weighted by Gasteiger charge is 2.22. The first-order valence-corrected chi connectivity index (χ1v) is 5.16. The van der Waals surface area contributed by atoms with Crippen molar-refractivity contribution in [2.75, 3.05) is 0 Å². The lowest BCUT2D eigenvalue weighted by Gasteiger charge is -2.15. The maximum absolute atomic E-state index is 11.1. The quantitative estimate of drug-likeness (QED) is 0.733. The SMILES string of the molecule is CC(C)CC(C(=O)O)c1cc(O)cc(O)c1. The van der Waals surface area contributed by atoms with Crippen LogP contribution < -0.4 is 0 Å². The smallest absolute Gasteiger partial charge is 0.310 e. The Hall–Kier alpha value is -1.71. The van der Waals surface area contributed by atoms with E-state index in [1.807, 2.05) is 13.8 Å². The van der Waals surface area contributed by atoms with Crippen molar-refractivity contribution in [3.63, 3.8) is 0 Å². The minimum atomic E-state index is -0.946. The molecule has 0 saturated heterocycles. The molecule has 0 aliphatic carbocycles. The zero-order valence-corrected chi connectivity index (χ0v) is 9.34. The van der Waals surface area contributed by atoms with Crippen LogP contribution in [0.25, 0.3) is 0 Å². The molecule has 0 aromatic heterocycles. The number of rotatable bonds is 4. The Morgan fingerprint density at radius 3 is 2.06 bits per heavy atom. The molecular formula is C12H16O4. The molecule has 4 heteroatoms. The van der Waals surface area contributed by atoms with Gasteiger partial charge in [-0.2, -0.15) is 0 Å². The van der Waals surface area contributed by atoms with E-state index in [1.165, 1.54) is 18.2 Å². The Balaban J connectivity index is 3.05. The van der Waals surface area contributed by atoms with Crippen LogP contribution in [0.3, 0.4) is 0 Å². The molecule has 0 fully saturated rings. The van der Waals surface area contributed by atoms with E-state index in [1.54, 1.807) is 0 Å². The molecular weight excluding hydrogens is 208 g/mol. The van der Waals surface area contributed by atoms with E-state index in [0.29, 0.717) is 12.0 Å². The van der Waals surface area contributed by atoms with Gasteiger partial charge >= 0.3 is 5.97 Å². The molecule has 0 heterocycles. The number of hydrogen-bond donors (Lipinski definition) is 3. The van der Waals surface area contributed by atoms with Gasteiger partial charge in [-0.25, -0.2) is 0 Å². The average Bonchev–Trinajstić information content (AvgIpc) is 2.11. The molecule has 0 amide bonds. The van der Waals surface area contributed by atoms with Gasteiger partial charge in [0.2, 0.25) is 0 Å². The summed E-state index contributed by atoms with van der Waals surface area (Å²) in [6, 6.07) is 3.93. The molecule has 0 spiro atoms. The first-order chi connectivity index (χ1) is 7.40. The molecule has 1 unspecified atom stereocenters. The first kappa shape index (κ1) is 12.4. The van der Waals surface area contributed by atoms with Gasteiger partial charge in [-0.15, -0.1) is 0 Å². The van der Waals surface area contributed by atoms with Crippen molar-refractivity contribution < 1.29 is 20.1 Å². The summed E-state index contributed by atoms with van der Waals surface area (Å²) in [6.45, 7) is 3.86. The minimum absolute atomic E-state index is 0.120. The number of hydrogen-bond acceptors (Lipinski definition) is 3. The zero-order valence-electron chi connectivity index (χ0n) is 9.34. The van der Waals surface area contributed by atoms with Crippen molar-refractivity contribution >= 4 is 5.97 Å². The van der Waals surface area contributed by atoms with Crippen LogP contribution >= 0.6 is 0 Å². The Morgan fingerprint density at radius 2 is 1.69 bits per heavy atom. The molecule has 88 valence electrons. The predicted molar refractivity (Wildman–Crippen MR) is 59.6 cm³/mol. The first-order valence-electron chi connectivity index (χ1n) is 5.16. The standard InChI is InChI=1S/C12H16O4/c1-7(2)3-11(12(15)16)8-4-9(13)6-10(14)5-8/h4-7,11,13-14H,3H2,1-2H3,(H,15,16). The number of benzene rings is 1. The van der Waals surface area contributed by atoms with Crippen LogP contribution in [-0.4, -0.2) is 21.3 Å². The number of carboxylic acids is 1. The molecule has 1 rings (SSSR count). The number of phenolic OH excluding ortho intramolecular Hbond substituents is 2. The molecule has 1 atom stereocenters. The van der Waals surface area contributed by atoms with Gasteiger partial charge in [-0.05, 0) is 30.0 Å². The molecule has 0 bridgehead atoms. The van der Waals surface area contributed by atoms with Gasteiger partial charge in [0.05, 0.1) is 5.92 Å². The summed E-state index contributed by atoms with van der Waals surface area (Å²) in [5, 5.41) is 27.7. The number of aliphatic carboxylic acids is 1. The third-order valence-electron chi connectivity index (χ3n) is 2.33. The van der Waals surface area contributed by atoms with Gasteiger partial charge in [0.1, 0.15) is 11.5 Å². The van der Waals surface area contributed by atoms with Gasteiger partial charge in [0, 0.05) is 6.07 Å². The van der Waals surface area contributed by atoms with Crippen molar-refractivity contribution in [2.24, 2.45) is 5.92 Å². The molecule has 4 nitrogen and oxygen atoms in total. The van der Waals surface area contributed by atoms with Gasteiger partial charge in [0.25, 0.3) is 0 Å². The van der Waals surface area contributed by atoms with Crippen LogP contribution in [0.5, 0.6) is 11.5 Å². The van der Waals surface area contributed by atoms with E-state index < -0.39 is 11.9 Å². The summed E-state index contributed by atoms with van der Waals surface area (Å²) < 4.78 is 0. The highest BCUT2D eigenvalue weighted by molar-refractivity contribution is 5.76. The van der Waals surface area contributed by atoms with Crippen LogP contribution in [0, 0.1) is 5.92 Å². The summed E-state index contributed by atoms with van der Waals surface area (Å²) >= 11 is 0. The van der Waals surface area contributed by atoms with Crippen LogP contribution in [0.4, 0.5) is 0 Å². The zero-order chi connectivity index (χ0) is 12.3. The van der Waals surface area contributed by atoms with Crippen molar-refractivity contribution in [2.45, 2.75) is 26.2 Å². The average molecular weight is 224 g/mol. The fraction of sp³-hybridized carbons (Fsp3) is 0.417. The van der Waals surface area contributed by atoms with Crippen LogP contribution in [0.1, 0.15) is 31.7 Å². The number of carboxylic acid groups (broad SMARTS) is 1. The second-order valence-corrected chi connectivity index (χ2v) is 4.30. The van der Waals surface area contributed by atoms with E-state index in [0.717, 1.165) is 0 Å². The van der Waals surface area contributed by atoms with E-state index in [4.69, 9.17) is 5.11 Å². The summed E-state index contributed by atoms with van der Waals surface area (Å²) in [5.74, 6) is -1.66. The van der Waals surface area contributed by atoms with Gasteiger partial charge in [-0.3, -0.25) is 4.79 Å². The maximum Gasteiger partial charge on any atom is 0.310 e. The number of aromatic hydroxyl groups is 2. The Kier molecular flexibility index (Phi) is 3.77. The van der Waals surface area contributed by atoms with Crippen molar-refractivity contribution in [3.8, 4) is 11.5 Å². The molecule has 0 aliphatic rings. The minimum Gasteiger partial charge on any atom is -0.508 e. The topological polar surface area (TPSA) is 77.8 Å². The lowest BCUT2D eigenvalue weighted by atomic mass is 9.90. The van der Waals surface area contributed by atoms with Gasteiger partial charge < -0.3 is 15.3 Å². The van der Waals surface area contributed by atoms with Crippen LogP contribution in [0.2, 0.25) is 0 Å². The molecule has 0 aliphatic heterocycles. The predicted octanol–water partition coefficient (Wildman–Crippen LogP) is 2.31. The molecule has 1 aromatic carbocycles. The third-order valence-corrected chi connectivity index (χ3v) is 2.33. The summed E-state index contributed by atoms with van der Waals surface area (Å²) in [4.78, 5) is 11.1. The molecule has 0 saturated carbocycles. The molecule has 0 radical (unpaired) electrons.